The van der Waals surface area contributed by atoms with Crippen LogP contribution in [0.25, 0.3) is 0 Å². The Kier molecular flexibility index (Phi) is 5.07. The fraction of sp³-hybridized carbons (Fsp3) is 0.562. The van der Waals surface area contributed by atoms with E-state index in [0.29, 0.717) is 43.0 Å². The van der Waals surface area contributed by atoms with Crippen molar-refractivity contribution in [3.05, 3.63) is 34.3 Å². The maximum Gasteiger partial charge on any atom is 0.424 e. The van der Waals surface area contributed by atoms with Crippen molar-refractivity contribution in [2.45, 2.75) is 43.9 Å². The number of hydrogen-bond acceptors (Lipinski definition) is 5. The molecule has 3 rings (SSSR count). The second-order valence-electron chi connectivity index (χ2n) is 6.46. The largest absolute Gasteiger partial charge is 0.424 e. The van der Waals surface area contributed by atoms with E-state index in [0.717, 1.165) is 5.82 Å². The monoisotopic (exact) mass is 388 g/mol. The van der Waals surface area contributed by atoms with Gasteiger partial charge < -0.3 is 15.0 Å². The number of aliphatic hydroxyl groups is 1. The molecule has 10 heteroatoms. The lowest BCUT2D eigenvalue weighted by Crippen LogP contribution is -2.48. The molecule has 1 aliphatic heterocycles. The molecule has 26 heavy (non-hydrogen) atoms. The first-order valence-corrected chi connectivity index (χ1v) is 9.07. The van der Waals surface area contributed by atoms with Gasteiger partial charge in [-0.2, -0.15) is 13.2 Å². The normalized spacial score (nSPS) is 18.7. The second kappa shape index (κ2) is 6.99. The number of nitrogens with zero attached hydrogens (tertiary/aromatic N) is 3. The predicted octanol–water partition coefficient (Wildman–Crippen LogP) is 2.72. The van der Waals surface area contributed by atoms with E-state index in [-0.39, 0.29) is 5.92 Å². The molecule has 0 aliphatic carbocycles. The number of aromatic nitrogens is 3. The van der Waals surface area contributed by atoms with Crippen molar-refractivity contribution in [2.75, 3.05) is 13.1 Å². The number of rotatable bonds is 4. The lowest BCUT2D eigenvalue weighted by molar-refractivity contribution is -0.268. The van der Waals surface area contributed by atoms with Crippen LogP contribution in [-0.4, -0.2) is 50.1 Å². The van der Waals surface area contributed by atoms with Gasteiger partial charge in [0.1, 0.15) is 10.8 Å². The van der Waals surface area contributed by atoms with Gasteiger partial charge in [0.2, 0.25) is 11.5 Å². The van der Waals surface area contributed by atoms with Gasteiger partial charge in [0.25, 0.3) is 0 Å². The van der Waals surface area contributed by atoms with Crippen LogP contribution in [0.5, 0.6) is 0 Å². The Morgan fingerprint density at radius 2 is 2.12 bits per heavy atom. The zero-order valence-corrected chi connectivity index (χ0v) is 14.9. The van der Waals surface area contributed by atoms with Crippen LogP contribution in [0.15, 0.2) is 17.8 Å². The van der Waals surface area contributed by atoms with Crippen LogP contribution >= 0.6 is 11.3 Å². The molecule has 1 fully saturated rings. The lowest BCUT2D eigenvalue weighted by atomic mass is 9.94. The first-order chi connectivity index (χ1) is 12.2. The average Bonchev–Trinajstić information content (AvgIpc) is 3.25. The summed E-state index contributed by atoms with van der Waals surface area (Å²) in [6.07, 6.45) is -1.47. The maximum atomic E-state index is 13.5. The number of piperidine rings is 1. The molecule has 0 bridgehead atoms. The zero-order chi connectivity index (χ0) is 18.9. The van der Waals surface area contributed by atoms with Crippen molar-refractivity contribution < 1.29 is 23.1 Å². The molecule has 1 aliphatic rings. The summed E-state index contributed by atoms with van der Waals surface area (Å²) < 4.78 is 40.5. The number of alkyl halides is 3. The summed E-state index contributed by atoms with van der Waals surface area (Å²) in [5.41, 5.74) is -2.89. The van der Waals surface area contributed by atoms with Gasteiger partial charge >= 0.3 is 6.18 Å². The number of aryl methyl sites for hydroxylation is 1. The van der Waals surface area contributed by atoms with Gasteiger partial charge in [-0.15, -0.1) is 11.3 Å². The Morgan fingerprint density at radius 1 is 1.42 bits per heavy atom. The number of aromatic amines is 1. The molecular weight excluding hydrogens is 369 g/mol. The van der Waals surface area contributed by atoms with Crippen molar-refractivity contribution in [1.29, 1.82) is 0 Å². The van der Waals surface area contributed by atoms with Crippen LogP contribution in [0.3, 0.4) is 0 Å². The molecular formula is C16H19F3N4O2S. The molecule has 1 unspecified atom stereocenters. The standard InChI is InChI=1S/C16H19F3N4O2S/c1-10-9-26-14(22-10)15(25,16(17,18)19)8-12(24)23-6-2-11(3-7-23)13-20-4-5-21-13/h4-5,9,11,25H,2-3,6-8H2,1H3,(H,20,21). The van der Waals surface area contributed by atoms with E-state index >= 15 is 0 Å². The van der Waals surface area contributed by atoms with Crippen molar-refractivity contribution >= 4 is 17.2 Å². The first kappa shape index (κ1) is 18.8. The minimum Gasteiger partial charge on any atom is -0.374 e. The number of imidazole rings is 1. The van der Waals surface area contributed by atoms with Crippen LogP contribution in [0.2, 0.25) is 0 Å². The highest BCUT2D eigenvalue weighted by Gasteiger charge is 2.58. The highest BCUT2D eigenvalue weighted by atomic mass is 32.1. The number of H-pyrrole nitrogens is 1. The SMILES string of the molecule is Cc1csc(C(O)(CC(=O)N2CCC(c3ncc[nH]3)CC2)C(F)(F)F)n1. The zero-order valence-electron chi connectivity index (χ0n) is 14.1. The molecule has 2 N–H and O–H groups in total. The Balaban J connectivity index is 1.69. The van der Waals surface area contributed by atoms with E-state index < -0.39 is 29.1 Å². The minimum absolute atomic E-state index is 0.150. The third-order valence-electron chi connectivity index (χ3n) is 4.60. The minimum atomic E-state index is -4.99. The molecule has 142 valence electrons. The Hall–Kier alpha value is -1.94. The summed E-state index contributed by atoms with van der Waals surface area (Å²) >= 11 is 0.706. The molecule has 3 heterocycles. The third kappa shape index (κ3) is 3.61. The van der Waals surface area contributed by atoms with Crippen molar-refractivity contribution in [2.24, 2.45) is 0 Å². The van der Waals surface area contributed by atoms with Gasteiger partial charge in [-0.1, -0.05) is 0 Å². The first-order valence-electron chi connectivity index (χ1n) is 8.19. The van der Waals surface area contributed by atoms with Crippen molar-refractivity contribution in [1.82, 2.24) is 19.9 Å². The van der Waals surface area contributed by atoms with Gasteiger partial charge in [-0.05, 0) is 19.8 Å². The predicted molar refractivity (Wildman–Crippen MR) is 88.6 cm³/mol. The number of carbonyl (C=O) groups excluding carboxylic acids is 1. The number of nitrogens with one attached hydrogen (secondary N) is 1. The topological polar surface area (TPSA) is 82.1 Å². The smallest absolute Gasteiger partial charge is 0.374 e. The molecule has 2 aromatic rings. The fourth-order valence-electron chi connectivity index (χ4n) is 3.07. The van der Waals surface area contributed by atoms with Gasteiger partial charge in [0, 0.05) is 42.5 Å². The van der Waals surface area contributed by atoms with Crippen LogP contribution in [0.1, 0.15) is 41.7 Å². The van der Waals surface area contributed by atoms with Gasteiger partial charge in [-0.3, -0.25) is 4.79 Å². The molecule has 1 amide bonds. The molecule has 6 nitrogen and oxygen atoms in total. The maximum absolute atomic E-state index is 13.5. The second-order valence-corrected chi connectivity index (χ2v) is 7.32. The van der Waals surface area contributed by atoms with Crippen molar-refractivity contribution in [3.63, 3.8) is 0 Å². The molecule has 1 saturated heterocycles. The Morgan fingerprint density at radius 3 is 2.62 bits per heavy atom. The number of carbonyl (C=O) groups is 1. The van der Waals surface area contributed by atoms with Crippen LogP contribution in [-0.2, 0) is 10.4 Å². The molecule has 0 spiro atoms. The third-order valence-corrected chi connectivity index (χ3v) is 5.71. The summed E-state index contributed by atoms with van der Waals surface area (Å²) in [7, 11) is 0. The average molecular weight is 388 g/mol. The molecule has 1 atom stereocenters. The lowest BCUT2D eigenvalue weighted by Gasteiger charge is -2.34. The van der Waals surface area contributed by atoms with Gasteiger partial charge in [-0.25, -0.2) is 9.97 Å². The quantitative estimate of drug-likeness (QED) is 0.844. The summed E-state index contributed by atoms with van der Waals surface area (Å²) in [5.74, 6) is 0.245. The van der Waals surface area contributed by atoms with E-state index in [2.05, 4.69) is 15.0 Å². The van der Waals surface area contributed by atoms with E-state index in [1.54, 1.807) is 12.4 Å². The van der Waals surface area contributed by atoms with Crippen LogP contribution < -0.4 is 0 Å². The number of likely N-dealkylation sites (tertiary alicyclic amines) is 1. The van der Waals surface area contributed by atoms with E-state index in [4.69, 9.17) is 0 Å². The van der Waals surface area contributed by atoms with E-state index in [1.165, 1.54) is 17.2 Å². The number of halogens is 3. The Bertz CT molecular complexity index is 754. The van der Waals surface area contributed by atoms with Crippen LogP contribution in [0, 0.1) is 6.92 Å². The fourth-order valence-corrected chi connectivity index (χ4v) is 3.99. The number of hydrogen-bond donors (Lipinski definition) is 2. The molecule has 0 radical (unpaired) electrons. The molecule has 2 aromatic heterocycles. The van der Waals surface area contributed by atoms with E-state index in [1.807, 2.05) is 0 Å². The molecule has 0 aromatic carbocycles. The number of thiazole rings is 1. The Labute approximate surface area is 152 Å². The summed E-state index contributed by atoms with van der Waals surface area (Å²) in [6, 6.07) is 0. The van der Waals surface area contributed by atoms with E-state index in [9.17, 15) is 23.1 Å². The van der Waals surface area contributed by atoms with Crippen molar-refractivity contribution in [3.8, 4) is 0 Å². The van der Waals surface area contributed by atoms with Gasteiger partial charge in [0.05, 0.1) is 6.42 Å². The highest BCUT2D eigenvalue weighted by Crippen LogP contribution is 2.43. The highest BCUT2D eigenvalue weighted by molar-refractivity contribution is 7.09. The molecule has 0 saturated carbocycles. The number of amides is 1. The summed E-state index contributed by atoms with van der Waals surface area (Å²) in [5, 5.41) is 11.2. The summed E-state index contributed by atoms with van der Waals surface area (Å²) in [6.45, 7) is 2.20. The van der Waals surface area contributed by atoms with Gasteiger partial charge in [0.15, 0.2) is 0 Å². The summed E-state index contributed by atoms with van der Waals surface area (Å²) in [4.78, 5) is 24.8. The van der Waals surface area contributed by atoms with Crippen LogP contribution in [0.4, 0.5) is 13.2 Å².